The van der Waals surface area contributed by atoms with Crippen LogP contribution in [0.5, 0.6) is 0 Å². The van der Waals surface area contributed by atoms with E-state index in [0.717, 1.165) is 29.0 Å². The highest BCUT2D eigenvalue weighted by atomic mass is 35.5. The van der Waals surface area contributed by atoms with Gasteiger partial charge in [-0.05, 0) is 36.6 Å². The van der Waals surface area contributed by atoms with Gasteiger partial charge < -0.3 is 5.32 Å². The van der Waals surface area contributed by atoms with Crippen LogP contribution >= 0.6 is 11.6 Å². The second kappa shape index (κ2) is 5.09. The molecule has 0 amide bonds. The number of nitrogens with zero attached hydrogens (tertiary/aromatic N) is 4. The minimum absolute atomic E-state index is 0.643. The number of nitrogens with one attached hydrogen (secondary N) is 1. The molecule has 1 saturated carbocycles. The number of para-hydroxylation sites is 1. The molecule has 2 aromatic heterocycles. The summed E-state index contributed by atoms with van der Waals surface area (Å²) in [5.74, 6) is 0.737. The zero-order valence-electron chi connectivity index (χ0n) is 11.3. The Balaban J connectivity index is 1.72. The molecule has 1 aromatic carbocycles. The van der Waals surface area contributed by atoms with Gasteiger partial charge in [-0.3, -0.25) is 0 Å². The lowest BCUT2D eigenvalue weighted by atomic mass is 10.2. The molecule has 0 bridgehead atoms. The smallest absolute Gasteiger partial charge is 0.156 e. The van der Waals surface area contributed by atoms with E-state index in [1.165, 1.54) is 12.8 Å². The Hall–Kier alpha value is -1.98. The Kier molecular flexibility index (Phi) is 3.09. The molecular weight excluding hydrogens is 286 g/mol. The fourth-order valence-electron chi connectivity index (χ4n) is 2.30. The summed E-state index contributed by atoms with van der Waals surface area (Å²) in [6.45, 7) is 0.756. The molecule has 6 heteroatoms. The first kappa shape index (κ1) is 12.7. The molecule has 106 valence electrons. The summed E-state index contributed by atoms with van der Waals surface area (Å²) in [7, 11) is 0. The Morgan fingerprint density at radius 3 is 3.00 bits per heavy atom. The molecule has 1 aliphatic carbocycles. The second-order valence-electron chi connectivity index (χ2n) is 5.28. The van der Waals surface area contributed by atoms with Gasteiger partial charge in [0.25, 0.3) is 0 Å². The lowest BCUT2D eigenvalue weighted by Gasteiger charge is -2.08. The Morgan fingerprint density at radius 2 is 2.14 bits per heavy atom. The molecule has 1 aliphatic rings. The molecule has 5 nitrogen and oxygen atoms in total. The summed E-state index contributed by atoms with van der Waals surface area (Å²) in [5.41, 5.74) is 2.83. The summed E-state index contributed by atoms with van der Waals surface area (Å²) in [6, 6.07) is 10.4. The Bertz CT molecular complexity index is 794. The van der Waals surface area contributed by atoms with Gasteiger partial charge in [0.15, 0.2) is 5.82 Å². The van der Waals surface area contributed by atoms with Gasteiger partial charge in [0.2, 0.25) is 0 Å². The SMILES string of the molecule is Clc1cnc(-n2nnc3ccccc32)cc1CNC1CC1. The summed E-state index contributed by atoms with van der Waals surface area (Å²) < 4.78 is 1.74. The molecule has 0 saturated heterocycles. The zero-order valence-corrected chi connectivity index (χ0v) is 12.1. The maximum Gasteiger partial charge on any atom is 0.156 e. The average molecular weight is 300 g/mol. The number of pyridine rings is 1. The van der Waals surface area contributed by atoms with Gasteiger partial charge in [0, 0.05) is 18.8 Å². The summed E-state index contributed by atoms with van der Waals surface area (Å²) >= 11 is 6.23. The first-order valence-electron chi connectivity index (χ1n) is 7.00. The van der Waals surface area contributed by atoms with Gasteiger partial charge in [-0.15, -0.1) is 5.10 Å². The minimum atomic E-state index is 0.643. The van der Waals surface area contributed by atoms with E-state index in [2.05, 4.69) is 20.6 Å². The summed E-state index contributed by atoms with van der Waals surface area (Å²) in [4.78, 5) is 4.38. The number of halogens is 1. The predicted octanol–water partition coefficient (Wildman–Crippen LogP) is 2.72. The molecule has 4 rings (SSSR count). The van der Waals surface area contributed by atoms with Crippen LogP contribution in [-0.2, 0) is 6.54 Å². The van der Waals surface area contributed by atoms with Crippen LogP contribution in [0.15, 0.2) is 36.5 Å². The van der Waals surface area contributed by atoms with Crippen LogP contribution in [-0.4, -0.2) is 26.0 Å². The van der Waals surface area contributed by atoms with Crippen molar-refractivity contribution < 1.29 is 0 Å². The number of aromatic nitrogens is 4. The van der Waals surface area contributed by atoms with E-state index in [1.807, 2.05) is 30.3 Å². The second-order valence-corrected chi connectivity index (χ2v) is 5.69. The van der Waals surface area contributed by atoms with Gasteiger partial charge >= 0.3 is 0 Å². The highest BCUT2D eigenvalue weighted by Crippen LogP contribution is 2.23. The van der Waals surface area contributed by atoms with Crippen LogP contribution in [0.4, 0.5) is 0 Å². The maximum absolute atomic E-state index is 6.23. The fourth-order valence-corrected chi connectivity index (χ4v) is 2.47. The number of hydrogen-bond acceptors (Lipinski definition) is 4. The van der Waals surface area contributed by atoms with E-state index < -0.39 is 0 Å². The lowest BCUT2D eigenvalue weighted by molar-refractivity contribution is 0.685. The summed E-state index contributed by atoms with van der Waals surface area (Å²) in [5, 5.41) is 12.5. The van der Waals surface area contributed by atoms with Crippen molar-refractivity contribution in [2.75, 3.05) is 0 Å². The van der Waals surface area contributed by atoms with E-state index >= 15 is 0 Å². The quantitative estimate of drug-likeness (QED) is 0.805. The summed E-state index contributed by atoms with van der Waals surface area (Å²) in [6.07, 6.45) is 4.18. The van der Waals surface area contributed by atoms with Crippen molar-refractivity contribution in [1.82, 2.24) is 25.3 Å². The topological polar surface area (TPSA) is 55.6 Å². The van der Waals surface area contributed by atoms with Crippen molar-refractivity contribution in [3.63, 3.8) is 0 Å². The lowest BCUT2D eigenvalue weighted by Crippen LogP contribution is -2.16. The fraction of sp³-hybridized carbons (Fsp3) is 0.267. The third-order valence-corrected chi connectivity index (χ3v) is 3.99. The van der Waals surface area contributed by atoms with Crippen molar-refractivity contribution >= 4 is 22.6 Å². The molecule has 21 heavy (non-hydrogen) atoms. The molecule has 0 aliphatic heterocycles. The van der Waals surface area contributed by atoms with Gasteiger partial charge in [-0.25, -0.2) is 4.98 Å². The number of benzene rings is 1. The van der Waals surface area contributed by atoms with Gasteiger partial charge in [0.1, 0.15) is 5.52 Å². The van der Waals surface area contributed by atoms with Gasteiger partial charge in [-0.1, -0.05) is 28.9 Å². The molecule has 0 radical (unpaired) electrons. The van der Waals surface area contributed by atoms with Crippen molar-refractivity contribution in [3.05, 3.63) is 47.1 Å². The van der Waals surface area contributed by atoms with Gasteiger partial charge in [0.05, 0.1) is 10.5 Å². The van der Waals surface area contributed by atoms with Crippen molar-refractivity contribution in [3.8, 4) is 5.82 Å². The monoisotopic (exact) mass is 299 g/mol. The predicted molar refractivity (Wildman–Crippen MR) is 81.5 cm³/mol. The number of hydrogen-bond donors (Lipinski definition) is 1. The van der Waals surface area contributed by atoms with Crippen molar-refractivity contribution in [2.45, 2.75) is 25.4 Å². The molecule has 0 atom stereocenters. The molecule has 1 N–H and O–H groups in total. The third-order valence-electron chi connectivity index (χ3n) is 3.65. The number of rotatable bonds is 4. The maximum atomic E-state index is 6.23. The van der Waals surface area contributed by atoms with E-state index in [9.17, 15) is 0 Å². The average Bonchev–Trinajstić information content (AvgIpc) is 3.24. The highest BCUT2D eigenvalue weighted by molar-refractivity contribution is 6.31. The van der Waals surface area contributed by atoms with E-state index in [1.54, 1.807) is 10.9 Å². The first-order chi connectivity index (χ1) is 10.3. The van der Waals surface area contributed by atoms with E-state index in [0.29, 0.717) is 11.1 Å². The standard InChI is InChI=1S/C15H14ClN5/c16-12-9-18-15(7-10(12)8-17-11-5-6-11)21-14-4-2-1-3-13(14)19-20-21/h1-4,7,9,11,17H,5-6,8H2. The largest absolute Gasteiger partial charge is 0.310 e. The molecule has 0 unspecified atom stereocenters. The normalized spacial score (nSPS) is 14.7. The van der Waals surface area contributed by atoms with Crippen LogP contribution in [0.3, 0.4) is 0 Å². The highest BCUT2D eigenvalue weighted by Gasteiger charge is 2.20. The molecular formula is C15H14ClN5. The van der Waals surface area contributed by atoms with Crippen LogP contribution < -0.4 is 5.32 Å². The van der Waals surface area contributed by atoms with Crippen LogP contribution in [0, 0.1) is 0 Å². The first-order valence-corrected chi connectivity index (χ1v) is 7.38. The Labute approximate surface area is 126 Å². The minimum Gasteiger partial charge on any atom is -0.310 e. The van der Waals surface area contributed by atoms with Crippen molar-refractivity contribution in [1.29, 1.82) is 0 Å². The zero-order chi connectivity index (χ0) is 14.2. The molecule has 0 spiro atoms. The van der Waals surface area contributed by atoms with Crippen LogP contribution in [0.25, 0.3) is 16.9 Å². The molecule has 2 heterocycles. The van der Waals surface area contributed by atoms with Crippen LogP contribution in [0.2, 0.25) is 5.02 Å². The van der Waals surface area contributed by atoms with Crippen molar-refractivity contribution in [2.24, 2.45) is 0 Å². The molecule has 3 aromatic rings. The number of fused-ring (bicyclic) bond motifs is 1. The van der Waals surface area contributed by atoms with Gasteiger partial charge in [-0.2, -0.15) is 4.68 Å². The molecule has 1 fully saturated rings. The Morgan fingerprint density at radius 1 is 1.29 bits per heavy atom. The van der Waals surface area contributed by atoms with E-state index in [4.69, 9.17) is 11.6 Å². The van der Waals surface area contributed by atoms with E-state index in [-0.39, 0.29) is 0 Å². The third kappa shape index (κ3) is 2.50. The van der Waals surface area contributed by atoms with Crippen LogP contribution in [0.1, 0.15) is 18.4 Å².